The minimum atomic E-state index is -0.333. The largest absolute Gasteiger partial charge is 0.484 e. The molecule has 2 aromatic rings. The first kappa shape index (κ1) is 20.8. The van der Waals surface area contributed by atoms with E-state index >= 15 is 0 Å². The maximum Gasteiger partial charge on any atom is 0.258 e. The van der Waals surface area contributed by atoms with Crippen molar-refractivity contribution in [3.05, 3.63) is 54.6 Å². The third kappa shape index (κ3) is 7.21. The standard InChI is InChI=1S/C22H27N3O4/c26-21(23-10-11-25-12-14-28-15-13-25)16-24-22(27)17-29-20-8-6-19(7-9-20)18-4-2-1-3-5-18/h1-9H,10-17H2,(H,23,26)(H,24,27). The lowest BCUT2D eigenvalue weighted by Crippen LogP contribution is -2.44. The molecule has 0 aromatic heterocycles. The number of benzene rings is 2. The number of carbonyl (C=O) groups is 2. The van der Waals surface area contributed by atoms with E-state index in [9.17, 15) is 9.59 Å². The quantitative estimate of drug-likeness (QED) is 0.667. The molecule has 1 aliphatic heterocycles. The Hall–Kier alpha value is -2.90. The first-order valence-corrected chi connectivity index (χ1v) is 9.82. The number of hydrogen-bond acceptors (Lipinski definition) is 5. The van der Waals surface area contributed by atoms with Crippen LogP contribution in [0.2, 0.25) is 0 Å². The molecule has 2 amide bonds. The van der Waals surface area contributed by atoms with Crippen molar-refractivity contribution in [1.29, 1.82) is 0 Å². The summed E-state index contributed by atoms with van der Waals surface area (Å²) < 4.78 is 10.8. The molecule has 0 atom stereocenters. The molecule has 1 aliphatic rings. The number of morpholine rings is 1. The number of amides is 2. The topological polar surface area (TPSA) is 79.9 Å². The van der Waals surface area contributed by atoms with Crippen molar-refractivity contribution >= 4 is 11.8 Å². The highest BCUT2D eigenvalue weighted by atomic mass is 16.5. The molecule has 7 nitrogen and oxygen atoms in total. The van der Waals surface area contributed by atoms with E-state index in [0.717, 1.165) is 44.0 Å². The van der Waals surface area contributed by atoms with Crippen molar-refractivity contribution in [2.75, 3.05) is 52.5 Å². The Bertz CT molecular complexity index is 774. The summed E-state index contributed by atoms with van der Waals surface area (Å²) in [5.74, 6) is 0.0640. The van der Waals surface area contributed by atoms with Crippen LogP contribution in [-0.2, 0) is 14.3 Å². The lowest BCUT2D eigenvalue weighted by atomic mass is 10.1. The Morgan fingerprint density at radius 3 is 2.31 bits per heavy atom. The zero-order valence-electron chi connectivity index (χ0n) is 16.4. The van der Waals surface area contributed by atoms with Gasteiger partial charge >= 0.3 is 0 Å². The van der Waals surface area contributed by atoms with Crippen LogP contribution < -0.4 is 15.4 Å². The van der Waals surface area contributed by atoms with Gasteiger partial charge in [0.1, 0.15) is 5.75 Å². The molecule has 1 fully saturated rings. The highest BCUT2D eigenvalue weighted by molar-refractivity contribution is 5.85. The van der Waals surface area contributed by atoms with Gasteiger partial charge in [0.2, 0.25) is 5.91 Å². The zero-order chi connectivity index (χ0) is 20.3. The van der Waals surface area contributed by atoms with Gasteiger partial charge in [0, 0.05) is 26.2 Å². The predicted octanol–water partition coefficient (Wildman–Crippen LogP) is 1.30. The molecule has 3 rings (SSSR count). The number of hydrogen-bond donors (Lipinski definition) is 2. The summed E-state index contributed by atoms with van der Waals surface area (Å²) >= 11 is 0. The van der Waals surface area contributed by atoms with Crippen molar-refractivity contribution < 1.29 is 19.1 Å². The Morgan fingerprint density at radius 1 is 0.897 bits per heavy atom. The minimum absolute atomic E-state index is 0.0573. The molecule has 0 aliphatic carbocycles. The predicted molar refractivity (Wildman–Crippen MR) is 111 cm³/mol. The summed E-state index contributed by atoms with van der Waals surface area (Å²) in [7, 11) is 0. The number of ether oxygens (including phenoxy) is 2. The summed E-state index contributed by atoms with van der Waals surface area (Å²) in [6.07, 6.45) is 0. The van der Waals surface area contributed by atoms with Gasteiger partial charge in [-0.2, -0.15) is 0 Å². The number of rotatable bonds is 9. The van der Waals surface area contributed by atoms with E-state index in [1.54, 1.807) is 0 Å². The summed E-state index contributed by atoms with van der Waals surface area (Å²) in [5, 5.41) is 5.37. The van der Waals surface area contributed by atoms with Crippen molar-refractivity contribution in [3.63, 3.8) is 0 Å². The van der Waals surface area contributed by atoms with E-state index < -0.39 is 0 Å². The molecule has 7 heteroatoms. The first-order valence-electron chi connectivity index (χ1n) is 9.82. The van der Waals surface area contributed by atoms with Gasteiger partial charge in [-0.1, -0.05) is 42.5 Å². The molecule has 1 saturated heterocycles. The summed E-state index contributed by atoms with van der Waals surface area (Å²) in [4.78, 5) is 26.0. The second-order valence-electron chi connectivity index (χ2n) is 6.76. The fourth-order valence-electron chi connectivity index (χ4n) is 2.99. The lowest BCUT2D eigenvalue weighted by Gasteiger charge is -2.26. The second kappa shape index (κ2) is 11.2. The van der Waals surface area contributed by atoms with Crippen LogP contribution in [0.25, 0.3) is 11.1 Å². The zero-order valence-corrected chi connectivity index (χ0v) is 16.4. The third-order valence-corrected chi connectivity index (χ3v) is 4.63. The molecule has 29 heavy (non-hydrogen) atoms. The molecule has 154 valence electrons. The van der Waals surface area contributed by atoms with Gasteiger partial charge in [-0.25, -0.2) is 0 Å². The van der Waals surface area contributed by atoms with E-state index in [2.05, 4.69) is 15.5 Å². The maximum atomic E-state index is 11.9. The Labute approximate surface area is 171 Å². The first-order chi connectivity index (χ1) is 14.2. The van der Waals surface area contributed by atoms with E-state index in [-0.39, 0.29) is 25.0 Å². The van der Waals surface area contributed by atoms with Crippen LogP contribution in [0.4, 0.5) is 0 Å². The summed E-state index contributed by atoms with van der Waals surface area (Å²) in [6.45, 7) is 4.39. The Balaban J connectivity index is 1.30. The molecular weight excluding hydrogens is 370 g/mol. The van der Waals surface area contributed by atoms with Crippen molar-refractivity contribution in [2.45, 2.75) is 0 Å². The van der Waals surface area contributed by atoms with Crippen LogP contribution in [0.3, 0.4) is 0 Å². The van der Waals surface area contributed by atoms with Crippen LogP contribution in [-0.4, -0.2) is 69.3 Å². The molecule has 0 spiro atoms. The van der Waals surface area contributed by atoms with Gasteiger partial charge < -0.3 is 20.1 Å². The molecule has 0 unspecified atom stereocenters. The van der Waals surface area contributed by atoms with Gasteiger partial charge in [0.25, 0.3) is 5.91 Å². The third-order valence-electron chi connectivity index (χ3n) is 4.63. The van der Waals surface area contributed by atoms with Crippen LogP contribution in [0.15, 0.2) is 54.6 Å². The van der Waals surface area contributed by atoms with E-state index in [1.807, 2.05) is 54.6 Å². The van der Waals surface area contributed by atoms with Crippen molar-refractivity contribution in [1.82, 2.24) is 15.5 Å². The van der Waals surface area contributed by atoms with Gasteiger partial charge in [0.05, 0.1) is 19.8 Å². The fraction of sp³-hybridized carbons (Fsp3) is 0.364. The average Bonchev–Trinajstić information content (AvgIpc) is 2.78. The van der Waals surface area contributed by atoms with Crippen molar-refractivity contribution in [2.24, 2.45) is 0 Å². The van der Waals surface area contributed by atoms with Gasteiger partial charge in [-0.3, -0.25) is 14.5 Å². The number of nitrogens with one attached hydrogen (secondary N) is 2. The van der Waals surface area contributed by atoms with E-state index in [1.165, 1.54) is 0 Å². The monoisotopic (exact) mass is 397 g/mol. The highest BCUT2D eigenvalue weighted by Gasteiger charge is 2.11. The summed E-state index contributed by atoms with van der Waals surface area (Å²) in [5.41, 5.74) is 2.20. The molecule has 2 aromatic carbocycles. The van der Waals surface area contributed by atoms with Gasteiger partial charge in [-0.05, 0) is 23.3 Å². The second-order valence-corrected chi connectivity index (χ2v) is 6.76. The molecule has 0 saturated carbocycles. The lowest BCUT2D eigenvalue weighted by molar-refractivity contribution is -0.127. The molecule has 0 bridgehead atoms. The molecular formula is C22H27N3O4. The normalized spacial score (nSPS) is 14.2. The van der Waals surface area contributed by atoms with Crippen LogP contribution in [0.5, 0.6) is 5.75 Å². The number of carbonyl (C=O) groups excluding carboxylic acids is 2. The van der Waals surface area contributed by atoms with Gasteiger partial charge in [0.15, 0.2) is 6.61 Å². The maximum absolute atomic E-state index is 11.9. The highest BCUT2D eigenvalue weighted by Crippen LogP contribution is 2.21. The summed E-state index contributed by atoms with van der Waals surface area (Å²) in [6, 6.07) is 17.6. The fourth-order valence-corrected chi connectivity index (χ4v) is 2.99. The molecule has 2 N–H and O–H groups in total. The van der Waals surface area contributed by atoms with Crippen LogP contribution in [0.1, 0.15) is 0 Å². The SMILES string of the molecule is O=C(CNC(=O)COc1ccc(-c2ccccc2)cc1)NCCN1CCOCC1. The number of nitrogens with zero attached hydrogens (tertiary/aromatic N) is 1. The van der Waals surface area contributed by atoms with E-state index in [4.69, 9.17) is 9.47 Å². The molecule has 0 radical (unpaired) electrons. The van der Waals surface area contributed by atoms with Gasteiger partial charge in [-0.15, -0.1) is 0 Å². The van der Waals surface area contributed by atoms with Crippen LogP contribution >= 0.6 is 0 Å². The minimum Gasteiger partial charge on any atom is -0.484 e. The van der Waals surface area contributed by atoms with Crippen molar-refractivity contribution in [3.8, 4) is 16.9 Å². The van der Waals surface area contributed by atoms with Crippen LogP contribution in [0, 0.1) is 0 Å². The molecule has 1 heterocycles. The average molecular weight is 397 g/mol. The Morgan fingerprint density at radius 2 is 1.59 bits per heavy atom. The smallest absolute Gasteiger partial charge is 0.258 e. The Kier molecular flexibility index (Phi) is 8.03. The van der Waals surface area contributed by atoms with E-state index in [0.29, 0.717) is 12.3 Å².